The van der Waals surface area contributed by atoms with Gasteiger partial charge < -0.3 is 9.80 Å². The van der Waals surface area contributed by atoms with E-state index in [4.69, 9.17) is 4.98 Å². The Kier molecular flexibility index (Phi) is 5.59. The number of hydrogen-bond donors (Lipinski definition) is 0. The number of carbonyl (C=O) groups is 1. The van der Waals surface area contributed by atoms with Crippen LogP contribution in [0.2, 0.25) is 0 Å². The van der Waals surface area contributed by atoms with Gasteiger partial charge in [0.2, 0.25) is 5.91 Å². The fraction of sp³-hybridized carbons (Fsp3) is 0.417. The van der Waals surface area contributed by atoms with Crippen LogP contribution >= 0.6 is 11.3 Å². The topological polar surface area (TPSA) is 36.4 Å². The molecule has 0 radical (unpaired) electrons. The Bertz CT molecular complexity index is 976. The van der Waals surface area contributed by atoms with E-state index in [9.17, 15) is 4.79 Å². The highest BCUT2D eigenvalue weighted by molar-refractivity contribution is 7.22. The predicted molar refractivity (Wildman–Crippen MR) is 122 cm³/mol. The molecule has 0 saturated carbocycles. The Labute approximate surface area is 177 Å². The smallest absolute Gasteiger partial charge is 0.227 e. The zero-order chi connectivity index (χ0) is 20.5. The molecular weight excluding hydrogens is 378 g/mol. The van der Waals surface area contributed by atoms with Gasteiger partial charge in [0.1, 0.15) is 0 Å². The molecule has 29 heavy (non-hydrogen) atoms. The highest BCUT2D eigenvalue weighted by atomic mass is 32.1. The minimum Gasteiger partial charge on any atom is -0.345 e. The van der Waals surface area contributed by atoms with Gasteiger partial charge in [-0.05, 0) is 42.0 Å². The van der Waals surface area contributed by atoms with E-state index in [1.54, 1.807) is 11.3 Å². The molecule has 4 nitrogen and oxygen atoms in total. The summed E-state index contributed by atoms with van der Waals surface area (Å²) in [6.45, 7) is 11.9. The first-order valence-electron chi connectivity index (χ1n) is 10.4. The van der Waals surface area contributed by atoms with Crippen LogP contribution in [-0.2, 0) is 11.2 Å². The second-order valence-corrected chi connectivity index (χ2v) is 9.29. The zero-order valence-electron chi connectivity index (χ0n) is 17.7. The summed E-state index contributed by atoms with van der Waals surface area (Å²) in [4.78, 5) is 22.0. The molecule has 0 spiro atoms. The summed E-state index contributed by atoms with van der Waals surface area (Å²) in [5.41, 5.74) is 6.04. The van der Waals surface area contributed by atoms with Crippen LogP contribution in [0.4, 0.5) is 5.13 Å². The Hall–Kier alpha value is -2.40. The molecule has 0 N–H and O–H groups in total. The van der Waals surface area contributed by atoms with Gasteiger partial charge in [-0.2, -0.15) is 0 Å². The maximum Gasteiger partial charge on any atom is 0.227 e. The molecule has 2 heterocycles. The van der Waals surface area contributed by atoms with Crippen LogP contribution in [0, 0.1) is 13.8 Å². The summed E-state index contributed by atoms with van der Waals surface area (Å²) in [6, 6.07) is 12.8. The molecule has 4 rings (SSSR count). The lowest BCUT2D eigenvalue weighted by Gasteiger charge is -2.34. The van der Waals surface area contributed by atoms with Crippen molar-refractivity contribution in [3.63, 3.8) is 0 Å². The predicted octanol–water partition coefficient (Wildman–Crippen LogP) is 4.93. The fourth-order valence-corrected chi connectivity index (χ4v) is 5.00. The SMILES string of the molecule is Cc1ccc(C)c2sc(N3CCN(C(=O)Cc4ccc(C(C)C)cc4)CC3)nc12. The Balaban J connectivity index is 1.38. The van der Waals surface area contributed by atoms with Gasteiger partial charge in [-0.1, -0.05) is 61.6 Å². The first kappa shape index (κ1) is 19.9. The van der Waals surface area contributed by atoms with E-state index in [-0.39, 0.29) is 5.91 Å². The molecule has 5 heteroatoms. The number of fused-ring (bicyclic) bond motifs is 1. The highest BCUT2D eigenvalue weighted by Gasteiger charge is 2.23. The summed E-state index contributed by atoms with van der Waals surface area (Å²) < 4.78 is 1.28. The molecule has 1 aliphatic rings. The molecule has 1 aromatic heterocycles. The summed E-state index contributed by atoms with van der Waals surface area (Å²) in [6.07, 6.45) is 0.484. The molecule has 1 aliphatic heterocycles. The lowest BCUT2D eigenvalue weighted by atomic mass is 10.0. The van der Waals surface area contributed by atoms with Gasteiger partial charge >= 0.3 is 0 Å². The Morgan fingerprint density at radius 3 is 2.28 bits per heavy atom. The van der Waals surface area contributed by atoms with E-state index < -0.39 is 0 Å². The number of benzene rings is 2. The third-order valence-corrected chi connectivity index (χ3v) is 7.09. The third kappa shape index (κ3) is 4.15. The number of thiazole rings is 1. The number of hydrogen-bond acceptors (Lipinski definition) is 4. The van der Waals surface area contributed by atoms with Gasteiger partial charge in [-0.15, -0.1) is 0 Å². The van der Waals surface area contributed by atoms with E-state index in [1.165, 1.54) is 21.4 Å². The van der Waals surface area contributed by atoms with Crippen molar-refractivity contribution in [3.8, 4) is 0 Å². The molecule has 0 aliphatic carbocycles. The van der Waals surface area contributed by atoms with Crippen molar-refractivity contribution in [1.82, 2.24) is 9.88 Å². The van der Waals surface area contributed by atoms with Crippen LogP contribution in [0.25, 0.3) is 10.2 Å². The first-order valence-corrected chi connectivity index (χ1v) is 11.2. The quantitative estimate of drug-likeness (QED) is 0.615. The van der Waals surface area contributed by atoms with Crippen LogP contribution in [0.3, 0.4) is 0 Å². The third-order valence-electron chi connectivity index (χ3n) is 5.84. The molecule has 1 fully saturated rings. The number of anilines is 1. The standard InChI is InChI=1S/C24H29N3OS/c1-16(2)20-9-7-19(8-10-20)15-21(28)26-11-13-27(14-12-26)24-25-22-17(3)5-6-18(4)23(22)29-24/h5-10,16H,11-15H2,1-4H3. The summed E-state index contributed by atoms with van der Waals surface area (Å²) >= 11 is 1.77. The number of amides is 1. The minimum absolute atomic E-state index is 0.220. The van der Waals surface area contributed by atoms with Crippen LogP contribution in [0.5, 0.6) is 0 Å². The van der Waals surface area contributed by atoms with Crippen molar-refractivity contribution in [2.45, 2.75) is 40.0 Å². The van der Waals surface area contributed by atoms with Gasteiger partial charge in [0, 0.05) is 26.2 Å². The van der Waals surface area contributed by atoms with Gasteiger partial charge in [0.05, 0.1) is 16.6 Å². The lowest BCUT2D eigenvalue weighted by molar-refractivity contribution is -0.130. The van der Waals surface area contributed by atoms with Crippen molar-refractivity contribution in [3.05, 3.63) is 58.7 Å². The molecule has 1 amide bonds. The summed E-state index contributed by atoms with van der Waals surface area (Å²) in [5, 5.41) is 1.08. The summed E-state index contributed by atoms with van der Waals surface area (Å²) in [7, 11) is 0. The van der Waals surface area contributed by atoms with E-state index in [1.807, 2.05) is 4.90 Å². The van der Waals surface area contributed by atoms with Crippen molar-refractivity contribution in [1.29, 1.82) is 0 Å². The normalized spacial score (nSPS) is 14.8. The van der Waals surface area contributed by atoms with Gasteiger partial charge in [0.25, 0.3) is 0 Å². The number of carbonyl (C=O) groups excluding carboxylic acids is 1. The number of rotatable bonds is 4. The molecule has 2 aromatic carbocycles. The van der Waals surface area contributed by atoms with Crippen LogP contribution in [-0.4, -0.2) is 42.0 Å². The van der Waals surface area contributed by atoms with Crippen molar-refractivity contribution >= 4 is 32.6 Å². The zero-order valence-corrected chi connectivity index (χ0v) is 18.6. The van der Waals surface area contributed by atoms with Crippen molar-refractivity contribution in [2.24, 2.45) is 0 Å². The first-order chi connectivity index (χ1) is 13.9. The maximum absolute atomic E-state index is 12.8. The number of piperazine rings is 1. The molecule has 0 bridgehead atoms. The van der Waals surface area contributed by atoms with Gasteiger partial charge in [-0.3, -0.25) is 4.79 Å². The van der Waals surface area contributed by atoms with E-state index in [0.717, 1.165) is 42.4 Å². The fourth-order valence-electron chi connectivity index (χ4n) is 3.84. The van der Waals surface area contributed by atoms with Crippen LogP contribution in [0.1, 0.15) is 42.0 Å². The average Bonchev–Trinajstić information content (AvgIpc) is 3.18. The lowest BCUT2D eigenvalue weighted by Crippen LogP contribution is -2.49. The van der Waals surface area contributed by atoms with Gasteiger partial charge in [0.15, 0.2) is 5.13 Å². The molecule has 0 atom stereocenters. The van der Waals surface area contributed by atoms with E-state index in [2.05, 4.69) is 69.0 Å². The summed E-state index contributed by atoms with van der Waals surface area (Å²) in [5.74, 6) is 0.737. The largest absolute Gasteiger partial charge is 0.345 e. The Morgan fingerprint density at radius 2 is 1.66 bits per heavy atom. The number of aromatic nitrogens is 1. The maximum atomic E-state index is 12.8. The van der Waals surface area contributed by atoms with Crippen molar-refractivity contribution in [2.75, 3.05) is 31.1 Å². The second kappa shape index (κ2) is 8.15. The highest BCUT2D eigenvalue weighted by Crippen LogP contribution is 2.33. The monoisotopic (exact) mass is 407 g/mol. The van der Waals surface area contributed by atoms with E-state index in [0.29, 0.717) is 12.3 Å². The average molecular weight is 408 g/mol. The molecule has 152 valence electrons. The minimum atomic E-state index is 0.220. The molecule has 3 aromatic rings. The number of nitrogens with zero attached hydrogens (tertiary/aromatic N) is 3. The second-order valence-electron chi connectivity index (χ2n) is 8.31. The van der Waals surface area contributed by atoms with E-state index >= 15 is 0 Å². The van der Waals surface area contributed by atoms with Gasteiger partial charge in [-0.25, -0.2) is 4.98 Å². The van der Waals surface area contributed by atoms with Crippen LogP contribution in [0.15, 0.2) is 36.4 Å². The van der Waals surface area contributed by atoms with Crippen molar-refractivity contribution < 1.29 is 4.79 Å². The molecular formula is C24H29N3OS. The molecule has 0 unspecified atom stereocenters. The molecule has 1 saturated heterocycles. The van der Waals surface area contributed by atoms with Crippen LogP contribution < -0.4 is 4.90 Å². The number of aryl methyl sites for hydroxylation is 2. The Morgan fingerprint density at radius 1 is 1.00 bits per heavy atom.